The van der Waals surface area contributed by atoms with Crippen molar-refractivity contribution in [3.05, 3.63) is 40.7 Å². The van der Waals surface area contributed by atoms with Gasteiger partial charge in [0.05, 0.1) is 10.9 Å². The summed E-state index contributed by atoms with van der Waals surface area (Å²) in [4.78, 5) is 12.5. The number of aromatic nitrogens is 1. The summed E-state index contributed by atoms with van der Waals surface area (Å²) in [6.07, 6.45) is 9.79. The Morgan fingerprint density at radius 3 is 2.62 bits per heavy atom. The number of fused-ring (bicyclic) bond motifs is 1. The predicted octanol–water partition coefficient (Wildman–Crippen LogP) is 4.29. The number of aryl methyl sites for hydroxylation is 2. The molecular formula is C21H30N2O3. The summed E-state index contributed by atoms with van der Waals surface area (Å²) < 4.78 is 6.83. The molecule has 0 fully saturated rings. The van der Waals surface area contributed by atoms with E-state index in [0.717, 1.165) is 18.4 Å². The molecule has 0 aliphatic heterocycles. The zero-order valence-corrected chi connectivity index (χ0v) is 15.9. The maximum atomic E-state index is 12.5. The number of ether oxygens (including phenoxy) is 1. The fourth-order valence-corrected chi connectivity index (χ4v) is 3.23. The molecule has 1 aromatic carbocycles. The molecule has 142 valence electrons. The molecule has 0 spiro atoms. The van der Waals surface area contributed by atoms with Crippen LogP contribution >= 0.6 is 0 Å². The standard InChI is InChI=1S/C21H30N2O3/c1-4-6-7-8-9-10-11-15-13-16(22)18-17(14-15)23(3)21(25)20(19(18)24)26-12-5-2/h5,13-14,24H,2,4,6-12,22H2,1,3H3. The Kier molecular flexibility index (Phi) is 7.13. The van der Waals surface area contributed by atoms with Gasteiger partial charge in [0.2, 0.25) is 5.75 Å². The van der Waals surface area contributed by atoms with Crippen LogP contribution in [0.15, 0.2) is 29.6 Å². The molecular weight excluding hydrogens is 328 g/mol. The second-order valence-electron chi connectivity index (χ2n) is 6.74. The maximum Gasteiger partial charge on any atom is 0.297 e. The second kappa shape index (κ2) is 9.32. The molecule has 1 aromatic heterocycles. The number of nitrogens with two attached hydrogens (primary N) is 1. The number of benzene rings is 1. The zero-order chi connectivity index (χ0) is 19.1. The third kappa shape index (κ3) is 4.40. The van der Waals surface area contributed by atoms with Crippen LogP contribution in [0.4, 0.5) is 5.69 Å². The number of rotatable bonds is 10. The molecule has 2 aromatic rings. The van der Waals surface area contributed by atoms with Crippen LogP contribution in [-0.2, 0) is 13.5 Å². The van der Waals surface area contributed by atoms with E-state index in [-0.39, 0.29) is 23.7 Å². The van der Waals surface area contributed by atoms with E-state index in [1.807, 2.05) is 12.1 Å². The molecule has 0 atom stereocenters. The molecule has 0 aliphatic rings. The first-order valence-electron chi connectivity index (χ1n) is 9.39. The molecule has 0 saturated heterocycles. The van der Waals surface area contributed by atoms with Gasteiger partial charge in [0.1, 0.15) is 6.61 Å². The lowest BCUT2D eigenvalue weighted by Crippen LogP contribution is -2.20. The maximum absolute atomic E-state index is 12.5. The van der Waals surface area contributed by atoms with E-state index in [4.69, 9.17) is 10.5 Å². The van der Waals surface area contributed by atoms with Crippen molar-refractivity contribution in [1.29, 1.82) is 0 Å². The van der Waals surface area contributed by atoms with Crippen LogP contribution in [0.5, 0.6) is 11.5 Å². The number of unbranched alkanes of at least 4 members (excludes halogenated alkanes) is 5. The minimum atomic E-state index is -0.382. The highest BCUT2D eigenvalue weighted by molar-refractivity contribution is 5.97. The topological polar surface area (TPSA) is 77.5 Å². The highest BCUT2D eigenvalue weighted by Crippen LogP contribution is 2.36. The Morgan fingerprint density at radius 1 is 1.23 bits per heavy atom. The summed E-state index contributed by atoms with van der Waals surface area (Å²) >= 11 is 0. The smallest absolute Gasteiger partial charge is 0.297 e. The highest BCUT2D eigenvalue weighted by atomic mass is 16.5. The third-order valence-electron chi connectivity index (χ3n) is 4.68. The van der Waals surface area contributed by atoms with Crippen LogP contribution < -0.4 is 16.0 Å². The fraction of sp³-hybridized carbons (Fsp3) is 0.476. The molecule has 3 N–H and O–H groups in total. The summed E-state index contributed by atoms with van der Waals surface area (Å²) in [6, 6.07) is 3.83. The normalized spacial score (nSPS) is 11.0. The molecule has 5 heteroatoms. The highest BCUT2D eigenvalue weighted by Gasteiger charge is 2.18. The minimum Gasteiger partial charge on any atom is -0.504 e. The van der Waals surface area contributed by atoms with Crippen molar-refractivity contribution in [2.75, 3.05) is 12.3 Å². The first kappa shape index (κ1) is 19.9. The van der Waals surface area contributed by atoms with Gasteiger partial charge in [-0.2, -0.15) is 0 Å². The van der Waals surface area contributed by atoms with Gasteiger partial charge in [-0.1, -0.05) is 51.7 Å². The number of pyridine rings is 1. The van der Waals surface area contributed by atoms with E-state index < -0.39 is 0 Å². The van der Waals surface area contributed by atoms with Crippen LogP contribution in [0.3, 0.4) is 0 Å². The Balaban J connectivity index is 2.28. The summed E-state index contributed by atoms with van der Waals surface area (Å²) in [5.74, 6) is -0.288. The van der Waals surface area contributed by atoms with Crippen LogP contribution in [0, 0.1) is 0 Å². The lowest BCUT2D eigenvalue weighted by molar-refractivity contribution is 0.331. The summed E-state index contributed by atoms with van der Waals surface area (Å²) in [7, 11) is 1.67. The number of hydrogen-bond donors (Lipinski definition) is 2. The zero-order valence-electron chi connectivity index (χ0n) is 15.9. The van der Waals surface area contributed by atoms with E-state index in [0.29, 0.717) is 16.6 Å². The van der Waals surface area contributed by atoms with Gasteiger partial charge in [0.25, 0.3) is 5.56 Å². The molecule has 0 bridgehead atoms. The van der Waals surface area contributed by atoms with Gasteiger partial charge in [-0.15, -0.1) is 0 Å². The molecule has 0 unspecified atom stereocenters. The predicted molar refractivity (Wildman–Crippen MR) is 108 cm³/mol. The molecule has 1 heterocycles. The molecule has 2 rings (SSSR count). The van der Waals surface area contributed by atoms with Crippen LogP contribution in [-0.4, -0.2) is 16.3 Å². The summed E-state index contributed by atoms with van der Waals surface area (Å²) in [6.45, 7) is 5.92. The third-order valence-corrected chi connectivity index (χ3v) is 4.68. The monoisotopic (exact) mass is 358 g/mol. The molecule has 0 radical (unpaired) electrons. The number of anilines is 1. The van der Waals surface area contributed by atoms with Gasteiger partial charge >= 0.3 is 0 Å². The Hall–Kier alpha value is -2.43. The van der Waals surface area contributed by atoms with Gasteiger partial charge in [-0.3, -0.25) is 4.79 Å². The number of nitrogens with zero attached hydrogens (tertiary/aromatic N) is 1. The van der Waals surface area contributed by atoms with Gasteiger partial charge in [0, 0.05) is 12.7 Å². The quantitative estimate of drug-likeness (QED) is 0.377. The first-order valence-corrected chi connectivity index (χ1v) is 9.39. The fourth-order valence-electron chi connectivity index (χ4n) is 3.23. The number of hydrogen-bond acceptors (Lipinski definition) is 4. The van der Waals surface area contributed by atoms with Crippen molar-refractivity contribution >= 4 is 16.6 Å². The summed E-state index contributed by atoms with van der Waals surface area (Å²) in [5.41, 5.74) is 7.98. The van der Waals surface area contributed by atoms with E-state index in [2.05, 4.69) is 13.5 Å². The Morgan fingerprint density at radius 2 is 1.92 bits per heavy atom. The average Bonchev–Trinajstić information content (AvgIpc) is 2.62. The van der Waals surface area contributed by atoms with E-state index in [1.165, 1.54) is 42.7 Å². The van der Waals surface area contributed by atoms with Crippen molar-refractivity contribution in [3.63, 3.8) is 0 Å². The molecule has 0 aliphatic carbocycles. The van der Waals surface area contributed by atoms with E-state index in [1.54, 1.807) is 7.05 Å². The van der Waals surface area contributed by atoms with Gasteiger partial charge in [0.15, 0.2) is 5.75 Å². The summed E-state index contributed by atoms with van der Waals surface area (Å²) in [5, 5.41) is 11.0. The molecule has 5 nitrogen and oxygen atoms in total. The van der Waals surface area contributed by atoms with Gasteiger partial charge in [-0.25, -0.2) is 0 Å². The van der Waals surface area contributed by atoms with Crippen molar-refractivity contribution in [2.24, 2.45) is 7.05 Å². The number of nitrogen functional groups attached to an aromatic ring is 1. The van der Waals surface area contributed by atoms with Crippen molar-refractivity contribution in [2.45, 2.75) is 51.9 Å². The SMILES string of the molecule is C=CCOc1c(O)c2c(N)cc(CCCCCCCC)cc2n(C)c1=O. The van der Waals surface area contributed by atoms with Crippen LogP contribution in [0.1, 0.15) is 51.0 Å². The second-order valence-corrected chi connectivity index (χ2v) is 6.74. The largest absolute Gasteiger partial charge is 0.504 e. The van der Waals surface area contributed by atoms with Gasteiger partial charge in [-0.05, 0) is 30.5 Å². The van der Waals surface area contributed by atoms with E-state index >= 15 is 0 Å². The van der Waals surface area contributed by atoms with Gasteiger partial charge < -0.3 is 20.1 Å². The first-order chi connectivity index (χ1) is 12.5. The van der Waals surface area contributed by atoms with E-state index in [9.17, 15) is 9.90 Å². The average molecular weight is 358 g/mol. The lowest BCUT2D eigenvalue weighted by atomic mass is 10.0. The van der Waals surface area contributed by atoms with Crippen LogP contribution in [0.2, 0.25) is 0 Å². The number of aromatic hydroxyl groups is 1. The Bertz CT molecular complexity index is 824. The van der Waals surface area contributed by atoms with Crippen molar-refractivity contribution in [1.82, 2.24) is 4.57 Å². The molecule has 26 heavy (non-hydrogen) atoms. The Labute approximate surface area is 155 Å². The molecule has 0 amide bonds. The van der Waals surface area contributed by atoms with Crippen molar-refractivity contribution in [3.8, 4) is 11.5 Å². The minimum absolute atomic E-state index is 0.0877. The lowest BCUT2D eigenvalue weighted by Gasteiger charge is -2.15. The van der Waals surface area contributed by atoms with Crippen LogP contribution in [0.25, 0.3) is 10.9 Å². The molecule has 0 saturated carbocycles. The van der Waals surface area contributed by atoms with Crippen molar-refractivity contribution < 1.29 is 9.84 Å².